The molecule has 2 amide bonds. The van der Waals surface area contributed by atoms with E-state index in [2.05, 4.69) is 4.98 Å². The Kier molecular flexibility index (Phi) is 7.37. The molecule has 4 rings (SSSR count). The Morgan fingerprint density at radius 1 is 1.11 bits per heavy atom. The van der Waals surface area contributed by atoms with Gasteiger partial charge in [0.25, 0.3) is 5.91 Å². The van der Waals surface area contributed by atoms with Gasteiger partial charge in [-0.1, -0.05) is 54.6 Å². The molecule has 194 valence electrons. The maximum absolute atomic E-state index is 13.3. The lowest BCUT2D eigenvalue weighted by Crippen LogP contribution is -2.51. The molecule has 2 aromatic carbocycles. The Balaban J connectivity index is 1.49. The highest BCUT2D eigenvalue weighted by Gasteiger charge is 2.46. The third kappa shape index (κ3) is 5.83. The number of hydrogen-bond donors (Lipinski definition) is 1. The molecule has 3 aromatic rings. The Hall–Kier alpha value is -3.71. The van der Waals surface area contributed by atoms with E-state index >= 15 is 0 Å². The molecule has 1 aliphatic rings. The first-order valence-corrected chi connectivity index (χ1v) is 12.5. The van der Waals surface area contributed by atoms with Crippen molar-refractivity contribution >= 4 is 12.0 Å². The minimum absolute atomic E-state index is 0.0875. The molecule has 1 saturated heterocycles. The largest absolute Gasteiger partial charge is 0.438 e. The normalized spacial score (nSPS) is 18.8. The van der Waals surface area contributed by atoms with Crippen LogP contribution in [-0.2, 0) is 10.3 Å². The maximum atomic E-state index is 13.3. The lowest BCUT2D eigenvalue weighted by Gasteiger charge is -2.45. The molecule has 1 aromatic heterocycles. The van der Waals surface area contributed by atoms with Crippen LogP contribution in [0.2, 0.25) is 0 Å². The van der Waals surface area contributed by atoms with Gasteiger partial charge in [-0.05, 0) is 44.0 Å². The van der Waals surface area contributed by atoms with E-state index in [9.17, 15) is 14.7 Å². The maximum Gasteiger partial charge on any atom is 0.411 e. The molecular formula is C30H35N3O4. The zero-order chi connectivity index (χ0) is 26.8. The van der Waals surface area contributed by atoms with Crippen molar-refractivity contribution in [2.24, 2.45) is 0 Å². The molecule has 7 heteroatoms. The molecule has 0 spiro atoms. The average molecular weight is 502 g/mol. The predicted molar refractivity (Wildman–Crippen MR) is 143 cm³/mol. The smallest absolute Gasteiger partial charge is 0.411 e. The van der Waals surface area contributed by atoms with Gasteiger partial charge in [0, 0.05) is 45.2 Å². The van der Waals surface area contributed by atoms with E-state index in [4.69, 9.17) is 4.74 Å². The van der Waals surface area contributed by atoms with Crippen molar-refractivity contribution in [1.82, 2.24) is 14.8 Å². The third-order valence-electron chi connectivity index (χ3n) is 6.86. The minimum Gasteiger partial charge on any atom is -0.438 e. The molecule has 2 atom stereocenters. The van der Waals surface area contributed by atoms with Gasteiger partial charge < -0.3 is 19.6 Å². The number of hydrogen-bond acceptors (Lipinski definition) is 5. The number of pyridine rings is 1. The van der Waals surface area contributed by atoms with E-state index in [0.717, 1.165) is 22.4 Å². The summed E-state index contributed by atoms with van der Waals surface area (Å²) in [7, 11) is 3.42. The van der Waals surface area contributed by atoms with Gasteiger partial charge in [0.1, 0.15) is 5.60 Å². The van der Waals surface area contributed by atoms with Gasteiger partial charge in [-0.3, -0.25) is 9.78 Å². The van der Waals surface area contributed by atoms with Crippen LogP contribution >= 0.6 is 0 Å². The fourth-order valence-corrected chi connectivity index (χ4v) is 4.95. The van der Waals surface area contributed by atoms with Crippen LogP contribution in [0.3, 0.4) is 0 Å². The number of nitrogens with zero attached hydrogens (tertiary/aromatic N) is 3. The van der Waals surface area contributed by atoms with Crippen LogP contribution in [0.25, 0.3) is 11.3 Å². The number of amides is 2. The number of ether oxygens (including phenoxy) is 1. The van der Waals surface area contributed by atoms with Gasteiger partial charge in [-0.2, -0.15) is 0 Å². The van der Waals surface area contributed by atoms with Crippen molar-refractivity contribution in [3.63, 3.8) is 0 Å². The molecular weight excluding hydrogens is 466 g/mol. The summed E-state index contributed by atoms with van der Waals surface area (Å²) in [5, 5.41) is 10.6. The Labute approximate surface area is 218 Å². The standard InChI is InChI=1S/C30H35N3O4/c1-21(22-11-13-23(14-12-22)26-16-15-24(19-31-26)27(34)32(4)5)33-18-17-30(37-28(33)35,20-29(2,3)36)25-9-7-6-8-10-25/h6-16,19,21,36H,17-18,20H2,1-5H3/t21-,30-/m0/s1. The lowest BCUT2D eigenvalue weighted by atomic mass is 9.80. The Morgan fingerprint density at radius 2 is 1.78 bits per heavy atom. The zero-order valence-corrected chi connectivity index (χ0v) is 22.1. The summed E-state index contributed by atoms with van der Waals surface area (Å²) in [5.41, 5.74) is 2.25. The van der Waals surface area contributed by atoms with Gasteiger partial charge in [-0.15, -0.1) is 0 Å². The molecule has 1 fully saturated rings. The summed E-state index contributed by atoms with van der Waals surface area (Å²) >= 11 is 0. The van der Waals surface area contributed by atoms with Gasteiger partial charge in [-0.25, -0.2) is 4.79 Å². The summed E-state index contributed by atoms with van der Waals surface area (Å²) in [6, 6.07) is 21.0. The Bertz CT molecular complexity index is 1230. The van der Waals surface area contributed by atoms with Crippen LogP contribution in [0.1, 0.15) is 61.1 Å². The van der Waals surface area contributed by atoms with Gasteiger partial charge >= 0.3 is 6.09 Å². The minimum atomic E-state index is -0.994. The van der Waals surface area contributed by atoms with Gasteiger partial charge in [0.2, 0.25) is 0 Å². The van der Waals surface area contributed by atoms with Crippen molar-refractivity contribution in [2.45, 2.75) is 50.9 Å². The second-order valence-corrected chi connectivity index (χ2v) is 10.6. The van der Waals surface area contributed by atoms with Crippen LogP contribution < -0.4 is 0 Å². The van der Waals surface area contributed by atoms with Crippen LogP contribution in [0.15, 0.2) is 72.9 Å². The quantitative estimate of drug-likeness (QED) is 0.468. The first kappa shape index (κ1) is 26.4. The molecule has 0 radical (unpaired) electrons. The van der Waals surface area contributed by atoms with Gasteiger partial charge in [0.15, 0.2) is 0 Å². The second kappa shape index (κ2) is 10.3. The molecule has 0 bridgehead atoms. The number of aromatic nitrogens is 1. The van der Waals surface area contributed by atoms with Crippen molar-refractivity contribution in [3.8, 4) is 11.3 Å². The van der Waals surface area contributed by atoms with E-state index in [1.54, 1.807) is 45.1 Å². The average Bonchev–Trinajstić information content (AvgIpc) is 2.88. The van der Waals surface area contributed by atoms with E-state index in [1.165, 1.54) is 4.90 Å². The molecule has 2 heterocycles. The fourth-order valence-electron chi connectivity index (χ4n) is 4.95. The Morgan fingerprint density at radius 3 is 2.32 bits per heavy atom. The number of aliphatic hydroxyl groups is 1. The highest BCUT2D eigenvalue weighted by molar-refractivity contribution is 5.93. The SMILES string of the molecule is C[C@@H](c1ccc(-c2ccc(C(=O)N(C)C)cn2)cc1)N1CC[C@](CC(C)(C)O)(c2ccccc2)OC1=O. The monoisotopic (exact) mass is 501 g/mol. The third-order valence-corrected chi connectivity index (χ3v) is 6.86. The molecule has 1 N–H and O–H groups in total. The van der Waals surface area contributed by atoms with Crippen molar-refractivity contribution in [1.29, 1.82) is 0 Å². The van der Waals surface area contributed by atoms with Crippen LogP contribution in [0, 0.1) is 0 Å². The topological polar surface area (TPSA) is 83.0 Å². The number of carbonyl (C=O) groups is 2. The first-order chi connectivity index (χ1) is 17.5. The number of cyclic esters (lactones) is 1. The summed E-state index contributed by atoms with van der Waals surface area (Å²) in [6.07, 6.45) is 2.10. The fraction of sp³-hybridized carbons (Fsp3) is 0.367. The molecule has 0 saturated carbocycles. The number of rotatable bonds is 7. The number of carbonyl (C=O) groups excluding carboxylic acids is 2. The molecule has 0 unspecified atom stereocenters. The highest BCUT2D eigenvalue weighted by atomic mass is 16.6. The molecule has 1 aliphatic heterocycles. The van der Waals surface area contributed by atoms with Crippen LogP contribution in [0.4, 0.5) is 4.79 Å². The zero-order valence-electron chi connectivity index (χ0n) is 22.1. The second-order valence-electron chi connectivity index (χ2n) is 10.6. The molecule has 0 aliphatic carbocycles. The molecule has 7 nitrogen and oxygen atoms in total. The summed E-state index contributed by atoms with van der Waals surface area (Å²) in [5.74, 6) is -0.0875. The van der Waals surface area contributed by atoms with E-state index < -0.39 is 17.3 Å². The van der Waals surface area contributed by atoms with Gasteiger partial charge in [0.05, 0.1) is 22.9 Å². The van der Waals surface area contributed by atoms with Crippen molar-refractivity contribution in [3.05, 3.63) is 89.6 Å². The number of benzene rings is 2. The van der Waals surface area contributed by atoms with Crippen molar-refractivity contribution < 1.29 is 19.4 Å². The summed E-state index contributed by atoms with van der Waals surface area (Å²) in [6.45, 7) is 5.98. The summed E-state index contributed by atoms with van der Waals surface area (Å²) < 4.78 is 6.12. The van der Waals surface area contributed by atoms with E-state index in [1.807, 2.05) is 67.6 Å². The van der Waals surface area contributed by atoms with Crippen LogP contribution in [0.5, 0.6) is 0 Å². The van der Waals surface area contributed by atoms with Crippen LogP contribution in [-0.4, -0.2) is 58.1 Å². The predicted octanol–water partition coefficient (Wildman–Crippen LogP) is 5.41. The first-order valence-electron chi connectivity index (χ1n) is 12.5. The van der Waals surface area contributed by atoms with Crippen molar-refractivity contribution in [2.75, 3.05) is 20.6 Å². The van der Waals surface area contributed by atoms with E-state index in [-0.39, 0.29) is 11.9 Å². The molecule has 37 heavy (non-hydrogen) atoms. The lowest BCUT2D eigenvalue weighted by molar-refractivity contribution is -0.101. The highest BCUT2D eigenvalue weighted by Crippen LogP contribution is 2.42. The van der Waals surface area contributed by atoms with E-state index in [0.29, 0.717) is 24.9 Å². The summed E-state index contributed by atoms with van der Waals surface area (Å²) in [4.78, 5) is 33.1.